The van der Waals surface area contributed by atoms with Crippen LogP contribution < -0.4 is 5.32 Å². The van der Waals surface area contributed by atoms with Crippen LogP contribution in [0.1, 0.15) is 13.8 Å². The average molecular weight is 364 g/mol. The first-order valence-corrected chi connectivity index (χ1v) is 9.62. The first kappa shape index (κ1) is 17.2. The normalized spacial score (nSPS) is 20.8. The highest BCUT2D eigenvalue weighted by Crippen LogP contribution is 2.28. The molecule has 3 rings (SSSR count). The fourth-order valence-electron chi connectivity index (χ4n) is 2.56. The quantitative estimate of drug-likeness (QED) is 0.823. The maximum Gasteiger partial charge on any atom is 0.233 e. The van der Waals surface area contributed by atoms with Crippen LogP contribution in [-0.2, 0) is 9.53 Å². The van der Waals surface area contributed by atoms with Gasteiger partial charge in [0, 0.05) is 18.8 Å². The molecule has 1 aliphatic rings. The van der Waals surface area contributed by atoms with Gasteiger partial charge in [-0.1, -0.05) is 41.3 Å². The summed E-state index contributed by atoms with van der Waals surface area (Å²) < 4.78 is 6.45. The molecular formula is C16H20N4O2S2. The number of morpholine rings is 1. The molecule has 0 unspecified atom stereocenters. The van der Waals surface area contributed by atoms with Crippen LogP contribution in [0.2, 0.25) is 0 Å². The fraction of sp³-hybridized carbons (Fsp3) is 0.438. The third-order valence-corrected chi connectivity index (χ3v) is 5.48. The Kier molecular flexibility index (Phi) is 5.70. The molecule has 0 radical (unpaired) electrons. The Morgan fingerprint density at radius 1 is 1.29 bits per heavy atom. The lowest BCUT2D eigenvalue weighted by atomic mass is 10.2. The van der Waals surface area contributed by atoms with E-state index >= 15 is 0 Å². The van der Waals surface area contributed by atoms with Gasteiger partial charge < -0.3 is 15.0 Å². The molecule has 8 heteroatoms. The number of nitrogens with one attached hydrogen (secondary N) is 1. The zero-order valence-corrected chi connectivity index (χ0v) is 15.3. The summed E-state index contributed by atoms with van der Waals surface area (Å²) in [7, 11) is 0. The van der Waals surface area contributed by atoms with Crippen LogP contribution in [0.25, 0.3) is 0 Å². The van der Waals surface area contributed by atoms with Crippen molar-refractivity contribution in [3.63, 3.8) is 0 Å². The Balaban J connectivity index is 1.51. The number of hydrogen-bond acceptors (Lipinski definition) is 7. The molecule has 1 saturated heterocycles. The van der Waals surface area contributed by atoms with E-state index in [2.05, 4.69) is 15.5 Å². The first-order valence-electron chi connectivity index (χ1n) is 7.82. The second kappa shape index (κ2) is 7.96. The molecule has 2 aromatic rings. The zero-order valence-electron chi connectivity index (χ0n) is 13.6. The Morgan fingerprint density at radius 3 is 2.71 bits per heavy atom. The standard InChI is InChI=1S/C16H20N4O2S2/c1-11-8-20(9-12(2)22-11)14(21)10-23-16-19-18-15(24-16)17-13-6-4-3-5-7-13/h3-7,11-12H,8-10H2,1-2H3,(H,17,18)/t11-,12+. The Hall–Kier alpha value is -1.64. The highest BCUT2D eigenvalue weighted by Gasteiger charge is 2.25. The minimum Gasteiger partial charge on any atom is -0.372 e. The second-order valence-corrected chi connectivity index (χ2v) is 7.91. The van der Waals surface area contributed by atoms with Crippen molar-refractivity contribution < 1.29 is 9.53 Å². The number of aromatic nitrogens is 2. The molecule has 2 heterocycles. The zero-order chi connectivity index (χ0) is 16.9. The van der Waals surface area contributed by atoms with Crippen molar-refractivity contribution in [3.8, 4) is 0 Å². The van der Waals surface area contributed by atoms with Crippen LogP contribution in [0.3, 0.4) is 0 Å². The minimum absolute atomic E-state index is 0.0888. The van der Waals surface area contributed by atoms with E-state index in [1.807, 2.05) is 49.1 Å². The van der Waals surface area contributed by atoms with E-state index in [1.165, 1.54) is 23.1 Å². The largest absolute Gasteiger partial charge is 0.372 e. The van der Waals surface area contributed by atoms with Gasteiger partial charge in [-0.25, -0.2) is 0 Å². The van der Waals surface area contributed by atoms with Crippen molar-refractivity contribution in [2.24, 2.45) is 0 Å². The lowest BCUT2D eigenvalue weighted by molar-refractivity contribution is -0.140. The number of benzene rings is 1. The molecular weight excluding hydrogens is 344 g/mol. The molecule has 1 amide bonds. The summed E-state index contributed by atoms with van der Waals surface area (Å²) in [6.07, 6.45) is 0.178. The van der Waals surface area contributed by atoms with Gasteiger partial charge in [0.1, 0.15) is 0 Å². The number of para-hydroxylation sites is 1. The van der Waals surface area contributed by atoms with E-state index in [0.717, 1.165) is 15.2 Å². The minimum atomic E-state index is 0.0888. The Bertz CT molecular complexity index is 670. The SMILES string of the molecule is C[C@@H]1CN(C(=O)CSc2nnc(Nc3ccccc3)s2)C[C@H](C)O1. The monoisotopic (exact) mass is 364 g/mol. The molecule has 1 aromatic carbocycles. The molecule has 0 spiro atoms. The number of amides is 1. The molecule has 24 heavy (non-hydrogen) atoms. The van der Waals surface area contributed by atoms with E-state index in [-0.39, 0.29) is 18.1 Å². The summed E-state index contributed by atoms with van der Waals surface area (Å²) in [5.41, 5.74) is 0.970. The van der Waals surface area contributed by atoms with Gasteiger partial charge in [-0.3, -0.25) is 4.79 Å². The molecule has 0 saturated carbocycles. The average Bonchev–Trinajstić information content (AvgIpc) is 3.00. The lowest BCUT2D eigenvalue weighted by Gasteiger charge is -2.35. The topological polar surface area (TPSA) is 67.4 Å². The van der Waals surface area contributed by atoms with Gasteiger partial charge in [0.2, 0.25) is 11.0 Å². The maximum absolute atomic E-state index is 12.4. The summed E-state index contributed by atoms with van der Waals surface area (Å²) >= 11 is 2.88. The summed E-state index contributed by atoms with van der Waals surface area (Å²) in [5.74, 6) is 0.495. The lowest BCUT2D eigenvalue weighted by Crippen LogP contribution is -2.48. The third kappa shape index (κ3) is 4.68. The number of rotatable bonds is 5. The maximum atomic E-state index is 12.4. The van der Waals surface area contributed by atoms with Crippen molar-refractivity contribution in [2.75, 3.05) is 24.2 Å². The summed E-state index contributed by atoms with van der Waals surface area (Å²) in [5, 5.41) is 12.2. The summed E-state index contributed by atoms with van der Waals surface area (Å²) in [4.78, 5) is 14.2. The molecule has 1 aromatic heterocycles. The van der Waals surface area contributed by atoms with Gasteiger partial charge in [-0.2, -0.15) is 0 Å². The van der Waals surface area contributed by atoms with Gasteiger partial charge >= 0.3 is 0 Å². The summed E-state index contributed by atoms with van der Waals surface area (Å²) in [6, 6.07) is 9.83. The predicted molar refractivity (Wildman–Crippen MR) is 96.9 cm³/mol. The van der Waals surface area contributed by atoms with E-state index in [4.69, 9.17) is 4.74 Å². The molecule has 1 aliphatic heterocycles. The molecule has 2 atom stereocenters. The highest BCUT2D eigenvalue weighted by molar-refractivity contribution is 8.01. The van der Waals surface area contributed by atoms with Crippen LogP contribution in [-0.4, -0.2) is 52.1 Å². The fourth-order valence-corrected chi connectivity index (χ4v) is 4.23. The van der Waals surface area contributed by atoms with Gasteiger partial charge in [-0.15, -0.1) is 10.2 Å². The van der Waals surface area contributed by atoms with Crippen LogP contribution in [0, 0.1) is 0 Å². The number of thioether (sulfide) groups is 1. The van der Waals surface area contributed by atoms with Crippen LogP contribution in [0.4, 0.5) is 10.8 Å². The molecule has 1 fully saturated rings. The number of hydrogen-bond donors (Lipinski definition) is 1. The van der Waals surface area contributed by atoms with Crippen molar-refractivity contribution >= 4 is 39.8 Å². The van der Waals surface area contributed by atoms with E-state index in [1.54, 1.807) is 0 Å². The number of carbonyl (C=O) groups excluding carboxylic acids is 1. The number of carbonyl (C=O) groups is 1. The van der Waals surface area contributed by atoms with E-state index < -0.39 is 0 Å². The smallest absolute Gasteiger partial charge is 0.233 e. The van der Waals surface area contributed by atoms with Gasteiger partial charge in [0.05, 0.1) is 18.0 Å². The number of nitrogens with zero attached hydrogens (tertiary/aromatic N) is 3. The predicted octanol–water partition coefficient (Wildman–Crippen LogP) is 3.01. The summed E-state index contributed by atoms with van der Waals surface area (Å²) in [6.45, 7) is 5.30. The van der Waals surface area contributed by atoms with Crippen LogP contribution >= 0.6 is 23.1 Å². The van der Waals surface area contributed by atoms with E-state index in [0.29, 0.717) is 18.8 Å². The van der Waals surface area contributed by atoms with Crippen LogP contribution in [0.5, 0.6) is 0 Å². The van der Waals surface area contributed by atoms with Crippen molar-refractivity contribution in [3.05, 3.63) is 30.3 Å². The molecule has 128 valence electrons. The van der Waals surface area contributed by atoms with Crippen molar-refractivity contribution in [1.29, 1.82) is 0 Å². The van der Waals surface area contributed by atoms with Gasteiger partial charge in [0.15, 0.2) is 4.34 Å². The van der Waals surface area contributed by atoms with E-state index in [9.17, 15) is 4.79 Å². The second-order valence-electron chi connectivity index (χ2n) is 5.71. The van der Waals surface area contributed by atoms with Crippen molar-refractivity contribution in [2.45, 2.75) is 30.4 Å². The highest BCUT2D eigenvalue weighted by atomic mass is 32.2. The number of ether oxygens (including phenoxy) is 1. The van der Waals surface area contributed by atoms with Crippen LogP contribution in [0.15, 0.2) is 34.7 Å². The van der Waals surface area contributed by atoms with Gasteiger partial charge in [-0.05, 0) is 26.0 Å². The van der Waals surface area contributed by atoms with Crippen molar-refractivity contribution in [1.82, 2.24) is 15.1 Å². The molecule has 0 bridgehead atoms. The Labute approximate surface area is 149 Å². The first-order chi connectivity index (χ1) is 11.6. The number of anilines is 2. The molecule has 1 N–H and O–H groups in total. The van der Waals surface area contributed by atoms with Gasteiger partial charge in [0.25, 0.3) is 0 Å². The molecule has 0 aliphatic carbocycles. The Morgan fingerprint density at radius 2 is 2.00 bits per heavy atom. The third-order valence-electron chi connectivity index (χ3n) is 3.52. The molecule has 6 nitrogen and oxygen atoms in total.